The van der Waals surface area contributed by atoms with Gasteiger partial charge in [-0.25, -0.2) is 5.43 Å². The van der Waals surface area contributed by atoms with Crippen molar-refractivity contribution in [3.05, 3.63) is 40.1 Å². The lowest BCUT2D eigenvalue weighted by molar-refractivity contribution is 0.0949. The highest BCUT2D eigenvalue weighted by Gasteiger charge is 2.10. The molecule has 21 heavy (non-hydrogen) atoms. The zero-order valence-electron chi connectivity index (χ0n) is 11.4. The van der Waals surface area contributed by atoms with Crippen molar-refractivity contribution >= 4 is 28.1 Å². The number of amides is 1. The lowest BCUT2D eigenvalue weighted by Gasteiger charge is -2.06. The largest absolute Gasteiger partial charge is 0.497 e. The number of methoxy groups -OCH3 is 2. The van der Waals surface area contributed by atoms with E-state index in [1.54, 1.807) is 32.4 Å². The second-order valence-electron chi connectivity index (χ2n) is 3.90. The van der Waals surface area contributed by atoms with Gasteiger partial charge in [0.1, 0.15) is 17.2 Å². The number of H-pyrrole nitrogens is 1. The van der Waals surface area contributed by atoms with Gasteiger partial charge in [0.05, 0.1) is 31.1 Å². The van der Waals surface area contributed by atoms with Crippen LogP contribution >= 0.6 is 15.9 Å². The van der Waals surface area contributed by atoms with E-state index in [1.165, 1.54) is 12.4 Å². The topological polar surface area (TPSA) is 88.6 Å². The Balaban J connectivity index is 2.08. The number of hydrogen-bond acceptors (Lipinski definition) is 5. The first-order valence-corrected chi connectivity index (χ1v) is 6.69. The smallest absolute Gasteiger partial charge is 0.290 e. The maximum Gasteiger partial charge on any atom is 0.290 e. The predicted octanol–water partition coefficient (Wildman–Crippen LogP) is 1.95. The van der Waals surface area contributed by atoms with Crippen molar-refractivity contribution in [2.75, 3.05) is 14.2 Å². The zero-order valence-corrected chi connectivity index (χ0v) is 13.0. The number of nitrogens with one attached hydrogen (secondary N) is 2. The molecule has 8 heteroatoms. The van der Waals surface area contributed by atoms with Crippen LogP contribution in [0.5, 0.6) is 11.5 Å². The summed E-state index contributed by atoms with van der Waals surface area (Å²) in [5, 5.41) is 10.2. The van der Waals surface area contributed by atoms with Crippen LogP contribution in [0.15, 0.2) is 34.0 Å². The molecule has 0 aliphatic rings. The Labute approximate surface area is 129 Å². The highest BCUT2D eigenvalue weighted by atomic mass is 79.9. The number of hydrogen-bond donors (Lipinski definition) is 2. The Bertz CT molecular complexity index is 669. The fourth-order valence-corrected chi connectivity index (χ4v) is 1.94. The Morgan fingerprint density at radius 2 is 2.24 bits per heavy atom. The van der Waals surface area contributed by atoms with E-state index in [2.05, 4.69) is 36.7 Å². The number of rotatable bonds is 5. The van der Waals surface area contributed by atoms with Crippen molar-refractivity contribution in [3.63, 3.8) is 0 Å². The van der Waals surface area contributed by atoms with Gasteiger partial charge in [0, 0.05) is 11.6 Å². The molecule has 1 aromatic carbocycles. The average Bonchev–Trinajstić information content (AvgIpc) is 2.93. The number of hydrazone groups is 1. The Kier molecular flexibility index (Phi) is 4.94. The first-order valence-electron chi connectivity index (χ1n) is 5.90. The molecule has 0 saturated heterocycles. The number of carbonyl (C=O) groups is 1. The van der Waals surface area contributed by atoms with Gasteiger partial charge in [0.15, 0.2) is 0 Å². The number of benzene rings is 1. The van der Waals surface area contributed by atoms with Crippen LogP contribution in [-0.2, 0) is 0 Å². The van der Waals surface area contributed by atoms with Crippen LogP contribution in [0.2, 0.25) is 0 Å². The zero-order chi connectivity index (χ0) is 15.2. The summed E-state index contributed by atoms with van der Waals surface area (Å²) >= 11 is 3.20. The van der Waals surface area contributed by atoms with Gasteiger partial charge >= 0.3 is 0 Å². The maximum atomic E-state index is 11.8. The first kappa shape index (κ1) is 15.0. The highest BCUT2D eigenvalue weighted by molar-refractivity contribution is 9.10. The summed E-state index contributed by atoms with van der Waals surface area (Å²) in [4.78, 5) is 11.8. The van der Waals surface area contributed by atoms with Crippen LogP contribution in [0.25, 0.3) is 0 Å². The van der Waals surface area contributed by atoms with Crippen LogP contribution in [-0.4, -0.2) is 36.5 Å². The van der Waals surface area contributed by atoms with Crippen LogP contribution in [0.3, 0.4) is 0 Å². The van der Waals surface area contributed by atoms with Crippen molar-refractivity contribution < 1.29 is 14.3 Å². The Morgan fingerprint density at radius 1 is 1.43 bits per heavy atom. The van der Waals surface area contributed by atoms with Gasteiger partial charge in [0.25, 0.3) is 5.91 Å². The summed E-state index contributed by atoms with van der Waals surface area (Å²) in [7, 11) is 3.12. The molecule has 0 unspecified atom stereocenters. The fraction of sp³-hybridized carbons (Fsp3) is 0.154. The second-order valence-corrected chi connectivity index (χ2v) is 4.75. The molecule has 2 N–H and O–H groups in total. The minimum absolute atomic E-state index is 0.300. The quantitative estimate of drug-likeness (QED) is 0.635. The minimum Gasteiger partial charge on any atom is -0.497 e. The number of nitrogens with zero attached hydrogens (tertiary/aromatic N) is 2. The van der Waals surface area contributed by atoms with Gasteiger partial charge in [-0.2, -0.15) is 10.2 Å². The summed E-state index contributed by atoms with van der Waals surface area (Å²) in [6.07, 6.45) is 2.98. The van der Waals surface area contributed by atoms with Gasteiger partial charge in [-0.3, -0.25) is 9.89 Å². The average molecular weight is 353 g/mol. The van der Waals surface area contributed by atoms with Crippen molar-refractivity contribution in [2.24, 2.45) is 5.10 Å². The summed E-state index contributed by atoms with van der Waals surface area (Å²) in [6.45, 7) is 0. The molecule has 0 spiro atoms. The van der Waals surface area contributed by atoms with Crippen molar-refractivity contribution in [2.45, 2.75) is 0 Å². The van der Waals surface area contributed by atoms with Gasteiger partial charge in [0.2, 0.25) is 0 Å². The summed E-state index contributed by atoms with van der Waals surface area (Å²) in [5.74, 6) is 0.868. The third-order valence-electron chi connectivity index (χ3n) is 2.63. The standard InChI is InChI=1S/C13H13BrN4O3/c1-20-9-4-3-8(11(5-9)21-2)6-15-18-13(19)12-10(14)7-16-17-12/h3-7H,1-2H3,(H,16,17)(H,18,19)/b15-6+. The lowest BCUT2D eigenvalue weighted by atomic mass is 10.2. The number of carbonyl (C=O) groups excluding carboxylic acids is 1. The van der Waals surface area contributed by atoms with Crippen LogP contribution in [0, 0.1) is 0 Å². The summed E-state index contributed by atoms with van der Waals surface area (Å²) in [6, 6.07) is 5.28. The molecule has 0 aliphatic carbocycles. The van der Waals surface area contributed by atoms with E-state index < -0.39 is 5.91 Å². The molecule has 0 fully saturated rings. The van der Waals surface area contributed by atoms with E-state index in [9.17, 15) is 4.79 Å². The maximum absolute atomic E-state index is 11.8. The van der Waals surface area contributed by atoms with E-state index in [1.807, 2.05) is 0 Å². The lowest BCUT2D eigenvalue weighted by Crippen LogP contribution is -2.18. The van der Waals surface area contributed by atoms with Crippen LogP contribution < -0.4 is 14.9 Å². The molecule has 0 saturated carbocycles. The monoisotopic (exact) mass is 352 g/mol. The SMILES string of the molecule is COc1ccc(/C=N/NC(=O)c2[nH]ncc2Br)c(OC)c1. The third-order valence-corrected chi connectivity index (χ3v) is 3.23. The minimum atomic E-state index is -0.400. The normalized spacial score (nSPS) is 10.6. The molecular formula is C13H13BrN4O3. The van der Waals surface area contributed by atoms with E-state index in [0.29, 0.717) is 27.2 Å². The van der Waals surface area contributed by atoms with E-state index >= 15 is 0 Å². The molecule has 1 aromatic heterocycles. The first-order chi connectivity index (χ1) is 10.2. The highest BCUT2D eigenvalue weighted by Crippen LogP contribution is 2.23. The molecule has 110 valence electrons. The van der Waals surface area contributed by atoms with Crippen molar-refractivity contribution in [3.8, 4) is 11.5 Å². The molecule has 2 rings (SSSR count). The summed E-state index contributed by atoms with van der Waals surface area (Å²) < 4.78 is 10.9. The number of aromatic nitrogens is 2. The molecule has 1 heterocycles. The molecule has 0 radical (unpaired) electrons. The molecular weight excluding hydrogens is 340 g/mol. The number of ether oxygens (including phenoxy) is 2. The molecule has 0 atom stereocenters. The van der Waals surface area contributed by atoms with Crippen molar-refractivity contribution in [1.29, 1.82) is 0 Å². The number of halogens is 1. The Morgan fingerprint density at radius 3 is 2.86 bits per heavy atom. The second kappa shape index (κ2) is 6.89. The van der Waals surface area contributed by atoms with Crippen molar-refractivity contribution in [1.82, 2.24) is 15.6 Å². The summed E-state index contributed by atoms with van der Waals surface area (Å²) in [5.41, 5.74) is 3.41. The van der Waals surface area contributed by atoms with E-state index in [0.717, 1.165) is 0 Å². The van der Waals surface area contributed by atoms with E-state index in [-0.39, 0.29) is 0 Å². The van der Waals surface area contributed by atoms with Gasteiger partial charge in [-0.05, 0) is 28.1 Å². The molecule has 0 aliphatic heterocycles. The van der Waals surface area contributed by atoms with Crippen LogP contribution in [0.4, 0.5) is 0 Å². The fourth-order valence-electron chi connectivity index (χ4n) is 1.57. The van der Waals surface area contributed by atoms with Crippen LogP contribution in [0.1, 0.15) is 16.1 Å². The van der Waals surface area contributed by atoms with Gasteiger partial charge in [-0.1, -0.05) is 0 Å². The molecule has 2 aromatic rings. The molecule has 7 nitrogen and oxygen atoms in total. The molecule has 0 bridgehead atoms. The Hall–Kier alpha value is -2.35. The van der Waals surface area contributed by atoms with Gasteiger partial charge < -0.3 is 9.47 Å². The molecule has 1 amide bonds. The predicted molar refractivity (Wildman–Crippen MR) is 80.9 cm³/mol. The third kappa shape index (κ3) is 3.60. The number of aromatic amines is 1. The van der Waals surface area contributed by atoms with E-state index in [4.69, 9.17) is 9.47 Å². The van der Waals surface area contributed by atoms with Gasteiger partial charge in [-0.15, -0.1) is 0 Å².